The number of hydrogen-bond acceptors (Lipinski definition) is 5. The molecule has 1 aromatic heterocycles. The highest BCUT2D eigenvalue weighted by molar-refractivity contribution is 7.17. The van der Waals surface area contributed by atoms with Gasteiger partial charge in [-0.1, -0.05) is 25.2 Å². The zero-order chi connectivity index (χ0) is 14.5. The van der Waals surface area contributed by atoms with Crippen LogP contribution in [0.3, 0.4) is 0 Å². The van der Waals surface area contributed by atoms with Crippen molar-refractivity contribution in [2.24, 2.45) is 5.41 Å². The molecule has 110 valence electrons. The van der Waals surface area contributed by atoms with E-state index in [-0.39, 0.29) is 11.2 Å². The van der Waals surface area contributed by atoms with E-state index >= 15 is 0 Å². The van der Waals surface area contributed by atoms with Gasteiger partial charge in [0.15, 0.2) is 10.9 Å². The van der Waals surface area contributed by atoms with Crippen LogP contribution in [0.2, 0.25) is 0 Å². The Balaban J connectivity index is 1.85. The van der Waals surface area contributed by atoms with E-state index in [4.69, 9.17) is 4.98 Å². The van der Waals surface area contributed by atoms with Crippen molar-refractivity contribution in [1.29, 1.82) is 0 Å². The molecule has 0 amide bonds. The molecule has 3 rings (SSSR count). The summed E-state index contributed by atoms with van der Waals surface area (Å²) >= 11 is 1.60. The summed E-state index contributed by atoms with van der Waals surface area (Å²) in [7, 11) is 2.17. The first-order chi connectivity index (χ1) is 9.35. The van der Waals surface area contributed by atoms with Crippen molar-refractivity contribution in [3.8, 4) is 0 Å². The standard InChI is InChI=1S/C15H23N3OS/c1-10-9-18(6-5-17(10)4)14-16-11-7-15(2,3)8-12(19)13(11)20-14/h10H,5-9H2,1-4H3. The van der Waals surface area contributed by atoms with Gasteiger partial charge in [-0.05, 0) is 25.8 Å². The second kappa shape index (κ2) is 4.81. The highest BCUT2D eigenvalue weighted by atomic mass is 32.1. The number of nitrogens with zero attached hydrogens (tertiary/aromatic N) is 3. The number of Topliss-reactive ketones (excluding diaryl/α,β-unsaturated/α-hetero) is 1. The third-order valence-corrected chi connectivity index (χ3v) is 5.65. The van der Waals surface area contributed by atoms with Gasteiger partial charge < -0.3 is 9.80 Å². The number of piperazine rings is 1. The molecule has 4 nitrogen and oxygen atoms in total. The Bertz CT molecular complexity index is 537. The summed E-state index contributed by atoms with van der Waals surface area (Å²) in [4.78, 5) is 22.7. The van der Waals surface area contributed by atoms with Gasteiger partial charge in [0.05, 0.1) is 10.6 Å². The average molecular weight is 293 g/mol. The van der Waals surface area contributed by atoms with Gasteiger partial charge in [0, 0.05) is 32.1 Å². The summed E-state index contributed by atoms with van der Waals surface area (Å²) in [6.07, 6.45) is 1.58. The Kier molecular flexibility index (Phi) is 3.37. The van der Waals surface area contributed by atoms with Gasteiger partial charge in [-0.15, -0.1) is 0 Å². The number of anilines is 1. The topological polar surface area (TPSA) is 36.4 Å². The molecule has 0 aromatic carbocycles. The lowest BCUT2D eigenvalue weighted by Gasteiger charge is -2.37. The van der Waals surface area contributed by atoms with Crippen LogP contribution < -0.4 is 4.90 Å². The molecule has 0 N–H and O–H groups in total. The number of ketones is 1. The lowest BCUT2D eigenvalue weighted by atomic mass is 9.78. The molecule has 2 heterocycles. The molecule has 20 heavy (non-hydrogen) atoms. The number of hydrogen-bond donors (Lipinski definition) is 0. The molecule has 1 aliphatic carbocycles. The van der Waals surface area contributed by atoms with Crippen molar-refractivity contribution < 1.29 is 4.79 Å². The van der Waals surface area contributed by atoms with Crippen LogP contribution in [0.5, 0.6) is 0 Å². The average Bonchev–Trinajstić information content (AvgIpc) is 2.75. The Morgan fingerprint density at radius 3 is 2.75 bits per heavy atom. The number of carbonyl (C=O) groups is 1. The molecule has 0 radical (unpaired) electrons. The zero-order valence-corrected chi connectivity index (χ0v) is 13.6. The van der Waals surface area contributed by atoms with Crippen molar-refractivity contribution in [2.75, 3.05) is 31.6 Å². The van der Waals surface area contributed by atoms with Crippen LogP contribution >= 0.6 is 11.3 Å². The summed E-state index contributed by atoms with van der Waals surface area (Å²) in [6, 6.07) is 0.539. The summed E-state index contributed by atoms with van der Waals surface area (Å²) in [5.41, 5.74) is 1.09. The van der Waals surface area contributed by atoms with E-state index in [1.165, 1.54) is 0 Å². The molecule has 0 spiro atoms. The molecule has 0 saturated carbocycles. The smallest absolute Gasteiger partial charge is 0.186 e. The van der Waals surface area contributed by atoms with Crippen molar-refractivity contribution in [3.63, 3.8) is 0 Å². The van der Waals surface area contributed by atoms with Gasteiger partial charge in [0.25, 0.3) is 0 Å². The minimum absolute atomic E-state index is 0.0604. The minimum atomic E-state index is 0.0604. The maximum Gasteiger partial charge on any atom is 0.186 e. The number of fused-ring (bicyclic) bond motifs is 1. The van der Waals surface area contributed by atoms with Crippen molar-refractivity contribution in [2.45, 2.75) is 39.7 Å². The van der Waals surface area contributed by atoms with E-state index in [0.29, 0.717) is 12.5 Å². The van der Waals surface area contributed by atoms with Gasteiger partial charge in [0.2, 0.25) is 0 Å². The predicted molar refractivity (Wildman–Crippen MR) is 82.9 cm³/mol. The lowest BCUT2D eigenvalue weighted by Crippen LogP contribution is -2.50. The lowest BCUT2D eigenvalue weighted by molar-refractivity contribution is 0.0916. The summed E-state index contributed by atoms with van der Waals surface area (Å²) < 4.78 is 0. The summed E-state index contributed by atoms with van der Waals surface area (Å²) in [6.45, 7) is 9.62. The van der Waals surface area contributed by atoms with Gasteiger partial charge in [0.1, 0.15) is 0 Å². The van der Waals surface area contributed by atoms with Gasteiger partial charge in [-0.3, -0.25) is 4.79 Å². The monoisotopic (exact) mass is 293 g/mol. The maximum atomic E-state index is 12.3. The molecule has 1 atom stereocenters. The molecule has 5 heteroatoms. The molecule has 1 aromatic rings. The van der Waals surface area contributed by atoms with Crippen LogP contribution in [-0.2, 0) is 6.42 Å². The fourth-order valence-electron chi connectivity index (χ4n) is 3.07. The number of likely N-dealkylation sites (N-methyl/N-ethyl adjacent to an activating group) is 1. The van der Waals surface area contributed by atoms with Gasteiger partial charge in [-0.2, -0.15) is 0 Å². The largest absolute Gasteiger partial charge is 0.345 e. The van der Waals surface area contributed by atoms with Crippen LogP contribution in [0.4, 0.5) is 5.13 Å². The maximum absolute atomic E-state index is 12.3. The normalized spacial score (nSPS) is 26.7. The molecule has 1 saturated heterocycles. The minimum Gasteiger partial charge on any atom is -0.345 e. The molecule has 1 unspecified atom stereocenters. The van der Waals surface area contributed by atoms with Gasteiger partial charge >= 0.3 is 0 Å². The van der Waals surface area contributed by atoms with Crippen LogP contribution in [0.25, 0.3) is 0 Å². The van der Waals surface area contributed by atoms with Crippen molar-refractivity contribution >= 4 is 22.3 Å². The summed E-state index contributed by atoms with van der Waals surface area (Å²) in [5.74, 6) is 0.280. The van der Waals surface area contributed by atoms with Crippen LogP contribution in [-0.4, -0.2) is 48.4 Å². The van der Waals surface area contributed by atoms with Crippen LogP contribution in [0.15, 0.2) is 0 Å². The van der Waals surface area contributed by atoms with E-state index in [9.17, 15) is 4.79 Å². The third-order valence-electron chi connectivity index (χ3n) is 4.45. The highest BCUT2D eigenvalue weighted by Crippen LogP contribution is 2.39. The number of thiazole rings is 1. The Morgan fingerprint density at radius 1 is 1.30 bits per heavy atom. The molecular weight excluding hydrogens is 270 g/mol. The molecule has 1 aliphatic heterocycles. The van der Waals surface area contributed by atoms with Crippen LogP contribution in [0, 0.1) is 5.41 Å². The van der Waals surface area contributed by atoms with E-state index in [0.717, 1.165) is 41.8 Å². The third kappa shape index (κ3) is 2.49. The van der Waals surface area contributed by atoms with E-state index in [1.807, 2.05) is 0 Å². The number of carbonyl (C=O) groups excluding carboxylic acids is 1. The molecule has 1 fully saturated rings. The number of rotatable bonds is 1. The SMILES string of the molecule is CC1CN(c2nc3c(s2)C(=O)CC(C)(C)C3)CCN1C. The second-order valence-electron chi connectivity index (χ2n) is 6.99. The second-order valence-corrected chi connectivity index (χ2v) is 7.97. The first-order valence-electron chi connectivity index (χ1n) is 7.34. The Labute approximate surface area is 124 Å². The highest BCUT2D eigenvalue weighted by Gasteiger charge is 2.35. The molecule has 2 aliphatic rings. The fraction of sp³-hybridized carbons (Fsp3) is 0.733. The molecular formula is C15H23N3OS. The van der Waals surface area contributed by atoms with Gasteiger partial charge in [-0.25, -0.2) is 4.98 Å². The zero-order valence-electron chi connectivity index (χ0n) is 12.8. The first kappa shape index (κ1) is 14.0. The van der Waals surface area contributed by atoms with Crippen molar-refractivity contribution in [3.05, 3.63) is 10.6 Å². The predicted octanol–water partition coefficient (Wildman–Crippen LogP) is 2.44. The fourth-order valence-corrected chi connectivity index (χ4v) is 4.12. The first-order valence-corrected chi connectivity index (χ1v) is 8.15. The van der Waals surface area contributed by atoms with E-state index < -0.39 is 0 Å². The van der Waals surface area contributed by atoms with Crippen LogP contribution in [0.1, 0.15) is 42.6 Å². The van der Waals surface area contributed by atoms with E-state index in [2.05, 4.69) is 37.6 Å². The summed E-state index contributed by atoms with van der Waals surface area (Å²) in [5, 5.41) is 1.04. The van der Waals surface area contributed by atoms with Crippen molar-refractivity contribution in [1.82, 2.24) is 9.88 Å². The Morgan fingerprint density at radius 2 is 2.05 bits per heavy atom. The quantitative estimate of drug-likeness (QED) is 0.797. The Hall–Kier alpha value is -0.940. The van der Waals surface area contributed by atoms with E-state index in [1.54, 1.807) is 11.3 Å². The molecule has 0 bridgehead atoms. The number of aromatic nitrogens is 1.